The number of nitrogens with zero attached hydrogens (tertiary/aromatic N) is 4. The molecule has 0 aliphatic carbocycles. The van der Waals surface area contributed by atoms with Crippen molar-refractivity contribution in [2.45, 2.75) is 49.7 Å². The SMILES string of the molecule is C[C@@H]1SCc2ncnc(N3CCN(C(=O)C(CC(C)(C)N)c4ccc(F)c(F)c4)CC3)c21. The lowest BCUT2D eigenvalue weighted by atomic mass is 9.85. The molecule has 1 aromatic heterocycles. The quantitative estimate of drug-likeness (QED) is 0.733. The van der Waals surface area contributed by atoms with Gasteiger partial charge in [0.25, 0.3) is 0 Å². The van der Waals surface area contributed by atoms with Crippen molar-refractivity contribution in [3.05, 3.63) is 53.0 Å². The van der Waals surface area contributed by atoms with Crippen molar-refractivity contribution in [3.63, 3.8) is 0 Å². The smallest absolute Gasteiger partial charge is 0.230 e. The minimum atomic E-state index is -0.954. The summed E-state index contributed by atoms with van der Waals surface area (Å²) >= 11 is 1.86. The number of piperazine rings is 1. The second kappa shape index (κ2) is 8.94. The lowest BCUT2D eigenvalue weighted by molar-refractivity contribution is -0.133. The first kappa shape index (κ1) is 22.9. The van der Waals surface area contributed by atoms with E-state index in [2.05, 4.69) is 21.8 Å². The van der Waals surface area contributed by atoms with E-state index in [1.807, 2.05) is 25.6 Å². The zero-order valence-electron chi connectivity index (χ0n) is 18.6. The molecule has 2 N–H and O–H groups in total. The molecule has 1 saturated heterocycles. The van der Waals surface area contributed by atoms with Gasteiger partial charge in [0.15, 0.2) is 11.6 Å². The van der Waals surface area contributed by atoms with E-state index in [4.69, 9.17) is 5.73 Å². The minimum Gasteiger partial charge on any atom is -0.353 e. The molecule has 172 valence electrons. The van der Waals surface area contributed by atoms with Gasteiger partial charge in [-0.05, 0) is 44.9 Å². The second-order valence-electron chi connectivity index (χ2n) is 9.24. The van der Waals surface area contributed by atoms with Crippen molar-refractivity contribution in [1.29, 1.82) is 0 Å². The molecule has 9 heteroatoms. The Labute approximate surface area is 191 Å². The van der Waals surface area contributed by atoms with Crippen LogP contribution >= 0.6 is 11.8 Å². The third-order valence-corrected chi connectivity index (χ3v) is 7.26. The largest absolute Gasteiger partial charge is 0.353 e. The summed E-state index contributed by atoms with van der Waals surface area (Å²) in [5.41, 5.74) is 8.31. The molecule has 0 saturated carbocycles. The number of benzene rings is 1. The summed E-state index contributed by atoms with van der Waals surface area (Å²) < 4.78 is 27.4. The number of nitrogens with two attached hydrogens (primary N) is 1. The van der Waals surface area contributed by atoms with Crippen LogP contribution in [-0.2, 0) is 10.5 Å². The predicted octanol–water partition coefficient (Wildman–Crippen LogP) is 3.62. The van der Waals surface area contributed by atoms with Gasteiger partial charge in [0.1, 0.15) is 12.1 Å². The minimum absolute atomic E-state index is 0.106. The summed E-state index contributed by atoms with van der Waals surface area (Å²) in [5, 5.41) is 0.352. The molecule has 2 aliphatic rings. The Morgan fingerprint density at radius 1 is 1.22 bits per heavy atom. The predicted molar refractivity (Wildman–Crippen MR) is 123 cm³/mol. The Morgan fingerprint density at radius 2 is 1.94 bits per heavy atom. The molecule has 4 rings (SSSR count). The number of fused-ring (bicyclic) bond motifs is 1. The molecule has 32 heavy (non-hydrogen) atoms. The molecule has 0 bridgehead atoms. The van der Waals surface area contributed by atoms with Gasteiger partial charge in [0.05, 0.1) is 11.6 Å². The van der Waals surface area contributed by atoms with Crippen molar-refractivity contribution in [3.8, 4) is 0 Å². The summed E-state index contributed by atoms with van der Waals surface area (Å²) in [7, 11) is 0. The van der Waals surface area contributed by atoms with E-state index < -0.39 is 23.1 Å². The van der Waals surface area contributed by atoms with Gasteiger partial charge in [-0.1, -0.05) is 6.07 Å². The Morgan fingerprint density at radius 3 is 2.59 bits per heavy atom. The number of hydrogen-bond acceptors (Lipinski definition) is 6. The van der Waals surface area contributed by atoms with Crippen molar-refractivity contribution < 1.29 is 13.6 Å². The normalized spacial score (nSPS) is 19.8. The van der Waals surface area contributed by atoms with Crippen LogP contribution in [0.5, 0.6) is 0 Å². The molecule has 1 amide bonds. The van der Waals surface area contributed by atoms with Gasteiger partial charge in [-0.25, -0.2) is 18.7 Å². The zero-order valence-corrected chi connectivity index (χ0v) is 19.5. The van der Waals surface area contributed by atoms with Crippen LogP contribution in [-0.4, -0.2) is 52.5 Å². The molecule has 2 aromatic rings. The fourth-order valence-electron chi connectivity index (χ4n) is 4.45. The number of rotatable bonds is 5. The van der Waals surface area contributed by atoms with Gasteiger partial charge >= 0.3 is 0 Å². The highest BCUT2D eigenvalue weighted by Gasteiger charge is 2.34. The lowest BCUT2D eigenvalue weighted by Gasteiger charge is -2.38. The number of halogens is 2. The Bertz CT molecular complexity index is 1000. The molecule has 1 unspecified atom stereocenters. The maximum Gasteiger partial charge on any atom is 0.230 e. The first-order valence-corrected chi connectivity index (χ1v) is 11.9. The van der Waals surface area contributed by atoms with Gasteiger partial charge in [-0.2, -0.15) is 0 Å². The number of aromatic nitrogens is 2. The molecule has 2 aliphatic heterocycles. The Balaban J connectivity index is 1.51. The van der Waals surface area contributed by atoms with E-state index in [0.717, 1.165) is 29.4 Å². The number of anilines is 1. The number of carbonyl (C=O) groups is 1. The zero-order chi connectivity index (χ0) is 23.0. The average molecular weight is 462 g/mol. The molecule has 0 spiro atoms. The van der Waals surface area contributed by atoms with Crippen LogP contribution in [0.1, 0.15) is 55.2 Å². The van der Waals surface area contributed by atoms with Crippen molar-refractivity contribution in [2.75, 3.05) is 31.1 Å². The van der Waals surface area contributed by atoms with Crippen LogP contribution in [0.15, 0.2) is 24.5 Å². The van der Waals surface area contributed by atoms with Crippen molar-refractivity contribution >= 4 is 23.5 Å². The molecule has 3 heterocycles. The van der Waals surface area contributed by atoms with Crippen LogP contribution in [0.2, 0.25) is 0 Å². The fraction of sp³-hybridized carbons (Fsp3) is 0.522. The standard InChI is InChI=1S/C23H29F2N5OS/c1-14-20-19(12-32-14)27-13-28-21(20)29-6-8-30(9-7-29)22(31)16(11-23(2,3)26)15-4-5-17(24)18(25)10-15/h4-5,10,13-14,16H,6-9,11-12,26H2,1-3H3/t14-,16?/m0/s1. The number of hydrogen-bond donors (Lipinski definition) is 1. The van der Waals surface area contributed by atoms with E-state index in [1.165, 1.54) is 11.6 Å². The van der Waals surface area contributed by atoms with E-state index in [0.29, 0.717) is 43.4 Å². The molecule has 0 radical (unpaired) electrons. The number of thioether (sulfide) groups is 1. The molecule has 2 atom stereocenters. The highest BCUT2D eigenvalue weighted by molar-refractivity contribution is 7.99. The lowest BCUT2D eigenvalue weighted by Crippen LogP contribution is -2.51. The van der Waals surface area contributed by atoms with Gasteiger partial charge in [-0.3, -0.25) is 4.79 Å². The third kappa shape index (κ3) is 4.73. The highest BCUT2D eigenvalue weighted by Crippen LogP contribution is 2.44. The van der Waals surface area contributed by atoms with Gasteiger partial charge < -0.3 is 15.5 Å². The van der Waals surface area contributed by atoms with E-state index in [-0.39, 0.29) is 5.91 Å². The molecular formula is C23H29F2N5OS. The topological polar surface area (TPSA) is 75.4 Å². The van der Waals surface area contributed by atoms with Crippen LogP contribution in [0.25, 0.3) is 0 Å². The molecular weight excluding hydrogens is 432 g/mol. The van der Waals surface area contributed by atoms with Crippen LogP contribution in [0, 0.1) is 11.6 Å². The average Bonchev–Trinajstić information content (AvgIpc) is 3.14. The first-order chi connectivity index (χ1) is 15.1. The molecule has 1 fully saturated rings. The number of amides is 1. The summed E-state index contributed by atoms with van der Waals surface area (Å²) in [6.07, 6.45) is 1.96. The van der Waals surface area contributed by atoms with Crippen molar-refractivity contribution in [2.24, 2.45) is 5.73 Å². The maximum absolute atomic E-state index is 13.9. The maximum atomic E-state index is 13.9. The highest BCUT2D eigenvalue weighted by atomic mass is 32.2. The summed E-state index contributed by atoms with van der Waals surface area (Å²) in [5.74, 6) is -0.757. The van der Waals surface area contributed by atoms with E-state index in [9.17, 15) is 13.6 Å². The third-order valence-electron chi connectivity index (χ3n) is 6.09. The van der Waals surface area contributed by atoms with Gasteiger partial charge in [0.2, 0.25) is 5.91 Å². The fourth-order valence-corrected chi connectivity index (χ4v) is 5.50. The summed E-state index contributed by atoms with van der Waals surface area (Å²) in [6, 6.07) is 3.66. The van der Waals surface area contributed by atoms with E-state index >= 15 is 0 Å². The molecule has 1 aromatic carbocycles. The second-order valence-corrected chi connectivity index (χ2v) is 10.6. The number of carbonyl (C=O) groups excluding carboxylic acids is 1. The van der Waals surface area contributed by atoms with Crippen molar-refractivity contribution in [1.82, 2.24) is 14.9 Å². The van der Waals surface area contributed by atoms with E-state index in [1.54, 1.807) is 11.2 Å². The Kier molecular flexibility index (Phi) is 6.40. The Hall–Kier alpha value is -2.26. The van der Waals surface area contributed by atoms with Gasteiger partial charge in [-0.15, -0.1) is 11.8 Å². The first-order valence-electron chi connectivity index (χ1n) is 10.9. The van der Waals surface area contributed by atoms with Crippen LogP contribution in [0.4, 0.5) is 14.6 Å². The summed E-state index contributed by atoms with van der Waals surface area (Å²) in [6.45, 7) is 8.21. The summed E-state index contributed by atoms with van der Waals surface area (Å²) in [4.78, 5) is 26.4. The van der Waals surface area contributed by atoms with Gasteiger partial charge in [0, 0.05) is 48.3 Å². The van der Waals surface area contributed by atoms with Crippen LogP contribution in [0.3, 0.4) is 0 Å². The monoisotopic (exact) mass is 461 g/mol. The van der Waals surface area contributed by atoms with Crippen LogP contribution < -0.4 is 10.6 Å². The molecule has 6 nitrogen and oxygen atoms in total.